The molecule has 3 rings (SSSR count). The first-order valence-electron chi connectivity index (χ1n) is 5.27. The van der Waals surface area contributed by atoms with E-state index in [0.29, 0.717) is 11.3 Å². The summed E-state index contributed by atoms with van der Waals surface area (Å²) in [6.07, 6.45) is 3.36. The number of furan rings is 1. The first-order valence-corrected chi connectivity index (χ1v) is 6.35. The Labute approximate surface area is 124 Å². The normalized spacial score (nSPS) is 12.1. The van der Waals surface area contributed by atoms with Crippen LogP contribution in [0.3, 0.4) is 0 Å². The number of rotatable bonds is 2. The van der Waals surface area contributed by atoms with E-state index in [1.807, 2.05) is 18.2 Å². The summed E-state index contributed by atoms with van der Waals surface area (Å²) in [5.74, 6) is 0.696. The van der Waals surface area contributed by atoms with Crippen LogP contribution in [0.25, 0.3) is 22.3 Å². The predicted molar refractivity (Wildman–Crippen MR) is 66.6 cm³/mol. The van der Waals surface area contributed by atoms with Crippen LogP contribution >= 0.6 is 0 Å². The van der Waals surface area contributed by atoms with E-state index >= 15 is 0 Å². The molecule has 2 heterocycles. The molecule has 4 nitrogen and oxygen atoms in total. The van der Waals surface area contributed by atoms with E-state index in [0.717, 1.165) is 10.9 Å². The van der Waals surface area contributed by atoms with E-state index in [4.69, 9.17) is 4.42 Å². The molecular weight excluding hydrogens is 257 g/mol. The molecule has 0 aliphatic heterocycles. The van der Waals surface area contributed by atoms with Gasteiger partial charge in [-0.1, -0.05) is 0 Å². The fraction of sp³-hybridized carbons (Fsp3) is 0. The summed E-state index contributed by atoms with van der Waals surface area (Å²) >= 11 is -2.22. The molecule has 0 saturated carbocycles. The number of aromatic nitrogens is 1. The van der Waals surface area contributed by atoms with E-state index in [2.05, 4.69) is 4.98 Å². The van der Waals surface area contributed by atoms with E-state index in [-0.39, 0.29) is 23.8 Å². The summed E-state index contributed by atoms with van der Waals surface area (Å²) in [6.45, 7) is 0. The van der Waals surface area contributed by atoms with Crippen molar-refractivity contribution in [1.82, 2.24) is 4.98 Å². The minimum Gasteiger partial charge on any atom is -0.768 e. The van der Waals surface area contributed by atoms with E-state index in [1.54, 1.807) is 24.5 Å². The van der Waals surface area contributed by atoms with Gasteiger partial charge in [-0.05, 0) is 47.5 Å². The van der Waals surface area contributed by atoms with E-state index in [1.165, 1.54) is 6.07 Å². The van der Waals surface area contributed by atoms with Crippen molar-refractivity contribution in [1.29, 1.82) is 0 Å². The quantitative estimate of drug-likeness (QED) is 0.473. The smallest absolute Gasteiger partial charge is 0.768 e. The first kappa shape index (κ1) is 14.0. The van der Waals surface area contributed by atoms with Gasteiger partial charge in [0.1, 0.15) is 11.3 Å². The number of hydrogen-bond acceptors (Lipinski definition) is 4. The fourth-order valence-electron chi connectivity index (χ4n) is 1.78. The van der Waals surface area contributed by atoms with Crippen LogP contribution in [0.5, 0.6) is 0 Å². The van der Waals surface area contributed by atoms with Gasteiger partial charge in [-0.25, -0.2) is 0 Å². The Morgan fingerprint density at radius 1 is 1.11 bits per heavy atom. The molecule has 0 bridgehead atoms. The Kier molecular flexibility index (Phi) is 4.23. The van der Waals surface area contributed by atoms with Gasteiger partial charge in [-0.3, -0.25) is 9.19 Å². The van der Waals surface area contributed by atoms with Gasteiger partial charge < -0.3 is 8.97 Å². The zero-order chi connectivity index (χ0) is 12.5. The van der Waals surface area contributed by atoms with Crippen LogP contribution in [0.2, 0.25) is 0 Å². The van der Waals surface area contributed by atoms with Crippen molar-refractivity contribution in [3.05, 3.63) is 48.8 Å². The van der Waals surface area contributed by atoms with Crippen LogP contribution in [0.1, 0.15) is 0 Å². The molecule has 6 heteroatoms. The molecule has 1 aromatic carbocycles. The summed E-state index contributed by atoms with van der Waals surface area (Å²) in [7, 11) is 0. The number of fused-ring (bicyclic) bond motifs is 1. The summed E-state index contributed by atoms with van der Waals surface area (Å²) in [4.78, 5) is 4.19. The van der Waals surface area contributed by atoms with Crippen molar-refractivity contribution in [2.45, 2.75) is 4.90 Å². The maximum atomic E-state index is 10.9. The molecule has 0 fully saturated rings. The maximum Gasteiger partial charge on any atom is 1.00 e. The van der Waals surface area contributed by atoms with Gasteiger partial charge in [0.25, 0.3) is 0 Å². The minimum absolute atomic E-state index is 0. The van der Waals surface area contributed by atoms with E-state index in [9.17, 15) is 8.76 Å². The first-order chi connectivity index (χ1) is 8.74. The second-order valence-corrected chi connectivity index (χ2v) is 4.72. The second kappa shape index (κ2) is 5.72. The molecule has 2 aromatic heterocycles. The van der Waals surface area contributed by atoms with Crippen molar-refractivity contribution in [2.24, 2.45) is 0 Å². The molecule has 0 aliphatic rings. The van der Waals surface area contributed by atoms with Gasteiger partial charge in [-0.15, -0.1) is 0 Å². The largest absolute Gasteiger partial charge is 1.00 e. The molecule has 0 amide bonds. The molecule has 0 radical (unpaired) electrons. The number of pyridine rings is 1. The van der Waals surface area contributed by atoms with Crippen LogP contribution in [0.15, 0.2) is 58.1 Å². The van der Waals surface area contributed by atoms with Crippen LogP contribution in [-0.4, -0.2) is 13.7 Å². The number of nitrogens with zero attached hydrogens (tertiary/aromatic N) is 1. The van der Waals surface area contributed by atoms with Crippen molar-refractivity contribution in [3.8, 4) is 11.3 Å². The topological polar surface area (TPSA) is 66.2 Å². The second-order valence-electron chi connectivity index (χ2n) is 3.78. The maximum absolute atomic E-state index is 10.9. The van der Waals surface area contributed by atoms with Crippen molar-refractivity contribution in [3.63, 3.8) is 0 Å². The molecule has 0 saturated heterocycles. The Balaban J connectivity index is 0.00000133. The van der Waals surface area contributed by atoms with Gasteiger partial charge >= 0.3 is 18.9 Å². The average Bonchev–Trinajstić information content (AvgIpc) is 2.82. The standard InChI is InChI=1S/C13H9NO3S.Li/c15-18(16)11-1-2-12-10(7-11)8-13(17-12)9-3-5-14-6-4-9;/h1-8H,(H,15,16);/q;+1/p-1. The van der Waals surface area contributed by atoms with Gasteiger partial charge in [0.15, 0.2) is 0 Å². The molecule has 0 spiro atoms. The van der Waals surface area contributed by atoms with Crippen molar-refractivity contribution >= 4 is 22.0 Å². The zero-order valence-corrected chi connectivity index (χ0v) is 11.0. The Morgan fingerprint density at radius 3 is 2.53 bits per heavy atom. The molecule has 0 N–H and O–H groups in total. The number of benzene rings is 1. The fourth-order valence-corrected chi connectivity index (χ4v) is 2.19. The zero-order valence-electron chi connectivity index (χ0n) is 10.2. The third kappa shape index (κ3) is 2.80. The molecular formula is C13H8LiNO3S. The Bertz CT molecular complexity index is 727. The van der Waals surface area contributed by atoms with Crippen LogP contribution in [-0.2, 0) is 11.1 Å². The SMILES string of the molecule is O=S([O-])c1ccc2oc(-c3ccncc3)cc2c1.[Li+]. The minimum atomic E-state index is -2.22. The monoisotopic (exact) mass is 265 g/mol. The van der Waals surface area contributed by atoms with Crippen LogP contribution in [0.4, 0.5) is 0 Å². The number of hydrogen-bond donors (Lipinski definition) is 0. The van der Waals surface area contributed by atoms with Crippen molar-refractivity contribution in [2.75, 3.05) is 0 Å². The Hall–Kier alpha value is -1.38. The summed E-state index contributed by atoms with van der Waals surface area (Å²) in [5.41, 5.74) is 1.57. The van der Waals surface area contributed by atoms with Crippen molar-refractivity contribution < 1.29 is 32.0 Å². The average molecular weight is 265 g/mol. The van der Waals surface area contributed by atoms with Gasteiger partial charge in [0, 0.05) is 28.2 Å². The van der Waals surface area contributed by atoms with E-state index < -0.39 is 11.1 Å². The summed E-state index contributed by atoms with van der Waals surface area (Å²) in [6, 6.07) is 10.3. The molecule has 90 valence electrons. The molecule has 1 unspecified atom stereocenters. The van der Waals surface area contributed by atoms with Gasteiger partial charge in [0.05, 0.1) is 0 Å². The predicted octanol–water partition coefficient (Wildman–Crippen LogP) is -0.263. The third-order valence-electron chi connectivity index (χ3n) is 2.65. The summed E-state index contributed by atoms with van der Waals surface area (Å²) < 4.78 is 27.4. The molecule has 1 atom stereocenters. The van der Waals surface area contributed by atoms with Crippen LogP contribution in [0, 0.1) is 0 Å². The Morgan fingerprint density at radius 2 is 1.84 bits per heavy atom. The van der Waals surface area contributed by atoms with Gasteiger partial charge in [-0.2, -0.15) is 0 Å². The van der Waals surface area contributed by atoms with Crippen LogP contribution < -0.4 is 18.9 Å². The molecule has 3 aromatic rings. The molecule has 0 aliphatic carbocycles. The molecule has 19 heavy (non-hydrogen) atoms. The van der Waals surface area contributed by atoms with Gasteiger partial charge in [0.2, 0.25) is 0 Å². The third-order valence-corrected chi connectivity index (χ3v) is 3.28. The summed E-state index contributed by atoms with van der Waals surface area (Å²) in [5, 5.41) is 0.767.